The Kier molecular flexibility index (Phi) is 3.06. The van der Waals surface area contributed by atoms with Crippen molar-refractivity contribution in [2.75, 3.05) is 0 Å². The van der Waals surface area contributed by atoms with Crippen LogP contribution >= 0.6 is 0 Å². The highest BCUT2D eigenvalue weighted by Gasteiger charge is 2.26. The van der Waals surface area contributed by atoms with E-state index in [4.69, 9.17) is 5.73 Å². The molecule has 0 atom stereocenters. The van der Waals surface area contributed by atoms with E-state index in [1.54, 1.807) is 12.4 Å². The van der Waals surface area contributed by atoms with E-state index in [9.17, 15) is 4.79 Å². The van der Waals surface area contributed by atoms with Crippen molar-refractivity contribution < 1.29 is 4.79 Å². The van der Waals surface area contributed by atoms with Gasteiger partial charge in [0.1, 0.15) is 5.69 Å². The molecule has 1 aliphatic carbocycles. The molecule has 4 nitrogen and oxygen atoms in total. The SMILES string of the molecule is NC1CCC(C(=O)c2cnccn2)CC1. The summed E-state index contributed by atoms with van der Waals surface area (Å²) in [5.74, 6) is 0.219. The van der Waals surface area contributed by atoms with Gasteiger partial charge in [0.05, 0.1) is 6.20 Å². The third-order valence-electron chi connectivity index (χ3n) is 2.96. The zero-order chi connectivity index (χ0) is 10.7. The molecule has 0 radical (unpaired) electrons. The van der Waals surface area contributed by atoms with Crippen molar-refractivity contribution in [1.82, 2.24) is 9.97 Å². The standard InChI is InChI=1S/C11H15N3O/c12-9-3-1-8(2-4-9)11(15)10-7-13-5-6-14-10/h5-9H,1-4,12H2. The molecule has 0 aromatic carbocycles. The van der Waals surface area contributed by atoms with Crippen LogP contribution in [0.4, 0.5) is 0 Å². The lowest BCUT2D eigenvalue weighted by atomic mass is 9.83. The largest absolute Gasteiger partial charge is 0.328 e. The Hall–Kier alpha value is -1.29. The first-order chi connectivity index (χ1) is 7.27. The van der Waals surface area contributed by atoms with Crippen LogP contribution in [0.2, 0.25) is 0 Å². The average molecular weight is 205 g/mol. The Morgan fingerprint density at radius 3 is 2.60 bits per heavy atom. The van der Waals surface area contributed by atoms with Crippen molar-refractivity contribution in [2.24, 2.45) is 11.7 Å². The second-order valence-corrected chi connectivity index (χ2v) is 4.07. The summed E-state index contributed by atoms with van der Waals surface area (Å²) in [4.78, 5) is 19.9. The van der Waals surface area contributed by atoms with E-state index < -0.39 is 0 Å². The van der Waals surface area contributed by atoms with E-state index >= 15 is 0 Å². The lowest BCUT2D eigenvalue weighted by Crippen LogP contribution is -2.30. The first-order valence-electron chi connectivity index (χ1n) is 5.33. The fourth-order valence-corrected chi connectivity index (χ4v) is 2.02. The number of hydrogen-bond acceptors (Lipinski definition) is 4. The lowest BCUT2D eigenvalue weighted by molar-refractivity contribution is 0.0879. The van der Waals surface area contributed by atoms with E-state index in [1.807, 2.05) is 0 Å². The molecule has 4 heteroatoms. The van der Waals surface area contributed by atoms with Gasteiger partial charge in [-0.25, -0.2) is 4.98 Å². The minimum absolute atomic E-state index is 0.0986. The van der Waals surface area contributed by atoms with Crippen molar-refractivity contribution >= 4 is 5.78 Å². The van der Waals surface area contributed by atoms with Crippen molar-refractivity contribution in [3.63, 3.8) is 0 Å². The number of ketones is 1. The summed E-state index contributed by atoms with van der Waals surface area (Å²) in [5, 5.41) is 0. The van der Waals surface area contributed by atoms with Crippen molar-refractivity contribution in [3.8, 4) is 0 Å². The highest BCUT2D eigenvalue weighted by Crippen LogP contribution is 2.25. The molecule has 0 bridgehead atoms. The molecule has 1 heterocycles. The smallest absolute Gasteiger partial charge is 0.185 e. The summed E-state index contributed by atoms with van der Waals surface area (Å²) in [7, 11) is 0. The second kappa shape index (κ2) is 4.49. The average Bonchev–Trinajstić information content (AvgIpc) is 2.30. The van der Waals surface area contributed by atoms with E-state index in [1.165, 1.54) is 6.20 Å². The van der Waals surface area contributed by atoms with Gasteiger partial charge < -0.3 is 5.73 Å². The van der Waals surface area contributed by atoms with Crippen molar-refractivity contribution in [3.05, 3.63) is 24.3 Å². The molecule has 1 fully saturated rings. The maximum Gasteiger partial charge on any atom is 0.185 e. The zero-order valence-corrected chi connectivity index (χ0v) is 8.60. The van der Waals surface area contributed by atoms with E-state index in [2.05, 4.69) is 9.97 Å². The van der Waals surface area contributed by atoms with Crippen LogP contribution in [-0.2, 0) is 0 Å². The molecule has 0 saturated heterocycles. The zero-order valence-electron chi connectivity index (χ0n) is 8.60. The van der Waals surface area contributed by atoms with E-state index in [0.29, 0.717) is 5.69 Å². The summed E-state index contributed by atoms with van der Waals surface area (Å²) in [6.45, 7) is 0. The molecule has 2 N–H and O–H groups in total. The number of hydrogen-bond donors (Lipinski definition) is 1. The molecule has 0 amide bonds. The Labute approximate surface area is 88.9 Å². The predicted molar refractivity (Wildman–Crippen MR) is 56.3 cm³/mol. The summed E-state index contributed by atoms with van der Waals surface area (Å²) < 4.78 is 0. The normalized spacial score (nSPS) is 26.2. The Morgan fingerprint density at radius 1 is 1.27 bits per heavy atom. The highest BCUT2D eigenvalue weighted by atomic mass is 16.1. The fourth-order valence-electron chi connectivity index (χ4n) is 2.02. The van der Waals surface area contributed by atoms with Gasteiger partial charge in [-0.1, -0.05) is 0 Å². The molecule has 15 heavy (non-hydrogen) atoms. The van der Waals surface area contributed by atoms with Crippen LogP contribution in [0.15, 0.2) is 18.6 Å². The third kappa shape index (κ3) is 2.39. The van der Waals surface area contributed by atoms with Gasteiger partial charge >= 0.3 is 0 Å². The molecule has 1 aliphatic rings. The van der Waals surface area contributed by atoms with Gasteiger partial charge in [-0.05, 0) is 25.7 Å². The Balaban J connectivity index is 2.03. The van der Waals surface area contributed by atoms with Gasteiger partial charge in [-0.3, -0.25) is 9.78 Å². The van der Waals surface area contributed by atoms with Gasteiger partial charge in [0.15, 0.2) is 5.78 Å². The minimum atomic E-state index is 0.0986. The van der Waals surface area contributed by atoms with E-state index in [-0.39, 0.29) is 17.7 Å². The summed E-state index contributed by atoms with van der Waals surface area (Å²) in [6.07, 6.45) is 8.33. The van der Waals surface area contributed by atoms with Crippen molar-refractivity contribution in [1.29, 1.82) is 0 Å². The van der Waals surface area contributed by atoms with Crippen LogP contribution in [0.3, 0.4) is 0 Å². The molecular formula is C11H15N3O. The Bertz CT molecular complexity index is 331. The van der Waals surface area contributed by atoms with Gasteiger partial charge in [-0.15, -0.1) is 0 Å². The molecule has 1 aromatic rings. The molecule has 0 unspecified atom stereocenters. The van der Waals surface area contributed by atoms with Gasteiger partial charge in [0, 0.05) is 24.4 Å². The van der Waals surface area contributed by atoms with Gasteiger partial charge in [0.2, 0.25) is 0 Å². The highest BCUT2D eigenvalue weighted by molar-refractivity contribution is 5.95. The number of nitrogens with zero attached hydrogens (tertiary/aromatic N) is 2. The number of carbonyl (C=O) groups is 1. The molecule has 0 aliphatic heterocycles. The number of carbonyl (C=O) groups excluding carboxylic acids is 1. The number of Topliss-reactive ketones (excluding diaryl/α,β-unsaturated/α-hetero) is 1. The maximum absolute atomic E-state index is 12.0. The molecular weight excluding hydrogens is 190 g/mol. The van der Waals surface area contributed by atoms with Gasteiger partial charge in [-0.2, -0.15) is 0 Å². The topological polar surface area (TPSA) is 68.9 Å². The molecule has 1 saturated carbocycles. The molecule has 0 spiro atoms. The van der Waals surface area contributed by atoms with Gasteiger partial charge in [0.25, 0.3) is 0 Å². The third-order valence-corrected chi connectivity index (χ3v) is 2.96. The number of aromatic nitrogens is 2. The first-order valence-corrected chi connectivity index (χ1v) is 5.33. The first kappa shape index (κ1) is 10.2. The minimum Gasteiger partial charge on any atom is -0.328 e. The molecule has 80 valence electrons. The van der Waals surface area contributed by atoms with E-state index in [0.717, 1.165) is 25.7 Å². The van der Waals surface area contributed by atoms with Crippen LogP contribution in [-0.4, -0.2) is 21.8 Å². The predicted octanol–water partition coefficient (Wildman–Crippen LogP) is 1.18. The quantitative estimate of drug-likeness (QED) is 0.736. The summed E-state index contributed by atoms with van der Waals surface area (Å²) in [5.41, 5.74) is 6.28. The molecule has 2 rings (SSSR count). The molecule has 1 aromatic heterocycles. The van der Waals surface area contributed by atoms with Crippen LogP contribution in [0, 0.1) is 5.92 Å². The monoisotopic (exact) mass is 205 g/mol. The number of rotatable bonds is 2. The second-order valence-electron chi connectivity index (χ2n) is 4.07. The Morgan fingerprint density at radius 2 is 2.00 bits per heavy atom. The lowest BCUT2D eigenvalue weighted by Gasteiger charge is -2.24. The summed E-state index contributed by atoms with van der Waals surface area (Å²) >= 11 is 0. The van der Waals surface area contributed by atoms with Crippen molar-refractivity contribution in [2.45, 2.75) is 31.7 Å². The maximum atomic E-state index is 12.0. The number of nitrogens with two attached hydrogens (primary N) is 1. The van der Waals surface area contributed by atoms with Crippen LogP contribution in [0.25, 0.3) is 0 Å². The van der Waals surface area contributed by atoms with Crippen LogP contribution < -0.4 is 5.73 Å². The summed E-state index contributed by atoms with van der Waals surface area (Å²) in [6, 6.07) is 0.274. The van der Waals surface area contributed by atoms with Crippen LogP contribution in [0.5, 0.6) is 0 Å². The van der Waals surface area contributed by atoms with Crippen LogP contribution in [0.1, 0.15) is 36.2 Å². The fraction of sp³-hybridized carbons (Fsp3) is 0.545.